The summed E-state index contributed by atoms with van der Waals surface area (Å²) in [5.74, 6) is 0.348. The lowest BCUT2D eigenvalue weighted by Gasteiger charge is -2.32. The number of pyridine rings is 1. The molecule has 0 N–H and O–H groups in total. The molecule has 0 bridgehead atoms. The number of benzene rings is 1. The number of anilines is 1. The fraction of sp³-hybridized carbons (Fsp3) is 0.292. The van der Waals surface area contributed by atoms with Crippen molar-refractivity contribution in [3.05, 3.63) is 65.8 Å². The van der Waals surface area contributed by atoms with Crippen LogP contribution in [0.2, 0.25) is 0 Å². The van der Waals surface area contributed by atoms with E-state index >= 15 is 0 Å². The van der Waals surface area contributed by atoms with Crippen molar-refractivity contribution in [3.8, 4) is 5.75 Å². The van der Waals surface area contributed by atoms with E-state index in [-0.39, 0.29) is 11.8 Å². The average molecular weight is 529 g/mol. The molecule has 1 saturated heterocycles. The van der Waals surface area contributed by atoms with Crippen molar-refractivity contribution in [2.24, 2.45) is 5.92 Å². The monoisotopic (exact) mass is 528 g/mol. The van der Waals surface area contributed by atoms with Crippen LogP contribution >= 0.6 is 22.7 Å². The first-order valence-electron chi connectivity index (χ1n) is 11.2. The first kappa shape index (κ1) is 23.9. The largest absolute Gasteiger partial charge is 0.497 e. The molecule has 0 unspecified atom stereocenters. The number of carbonyl (C=O) groups excluding carboxylic acids is 1. The van der Waals surface area contributed by atoms with E-state index in [9.17, 15) is 13.2 Å². The average Bonchev–Trinajstić information content (AvgIpc) is 3.58. The van der Waals surface area contributed by atoms with Crippen LogP contribution in [0, 0.1) is 5.92 Å². The van der Waals surface area contributed by atoms with Gasteiger partial charge in [-0.05, 0) is 48.6 Å². The van der Waals surface area contributed by atoms with Crippen LogP contribution in [0.3, 0.4) is 0 Å². The summed E-state index contributed by atoms with van der Waals surface area (Å²) in [6, 6.07) is 14.6. The lowest BCUT2D eigenvalue weighted by Crippen LogP contribution is -2.44. The van der Waals surface area contributed by atoms with Crippen LogP contribution in [0.15, 0.2) is 64.3 Å². The smallest absolute Gasteiger partial charge is 0.252 e. The van der Waals surface area contributed by atoms with Gasteiger partial charge in [-0.15, -0.1) is 11.3 Å². The summed E-state index contributed by atoms with van der Waals surface area (Å²) < 4.78 is 33.9. The molecule has 1 aliphatic rings. The zero-order chi connectivity index (χ0) is 24.4. The number of thiazole rings is 1. The van der Waals surface area contributed by atoms with Gasteiger partial charge in [0.25, 0.3) is 10.0 Å². The molecule has 11 heteroatoms. The summed E-state index contributed by atoms with van der Waals surface area (Å²) in [5, 5.41) is 2.35. The fourth-order valence-electron chi connectivity index (χ4n) is 4.13. The minimum Gasteiger partial charge on any atom is -0.497 e. The number of hydrogen-bond donors (Lipinski definition) is 0. The van der Waals surface area contributed by atoms with E-state index in [1.807, 2.05) is 36.4 Å². The van der Waals surface area contributed by atoms with Crippen LogP contribution in [0.4, 0.5) is 5.13 Å². The van der Waals surface area contributed by atoms with Crippen molar-refractivity contribution < 1.29 is 17.9 Å². The fourth-order valence-corrected chi connectivity index (χ4v) is 7.70. The predicted octanol–water partition coefficient (Wildman–Crippen LogP) is 4.40. The molecule has 182 valence electrons. The normalized spacial score (nSPS) is 15.3. The van der Waals surface area contributed by atoms with E-state index in [2.05, 4.69) is 4.98 Å². The Morgan fingerprint density at radius 3 is 2.69 bits per heavy atom. The summed E-state index contributed by atoms with van der Waals surface area (Å²) >= 11 is 2.66. The molecule has 1 aromatic carbocycles. The van der Waals surface area contributed by atoms with Gasteiger partial charge < -0.3 is 4.74 Å². The Morgan fingerprint density at radius 2 is 2.00 bits per heavy atom. The number of carbonyl (C=O) groups is 1. The minimum atomic E-state index is -3.52. The van der Waals surface area contributed by atoms with E-state index in [0.29, 0.717) is 47.6 Å². The molecule has 35 heavy (non-hydrogen) atoms. The second kappa shape index (κ2) is 10.0. The second-order valence-corrected chi connectivity index (χ2v) is 12.3. The third-order valence-corrected chi connectivity index (χ3v) is 10.4. The first-order chi connectivity index (χ1) is 17.0. The van der Waals surface area contributed by atoms with Crippen molar-refractivity contribution in [2.75, 3.05) is 25.1 Å². The maximum atomic E-state index is 13.8. The molecule has 0 atom stereocenters. The molecule has 1 fully saturated rings. The van der Waals surface area contributed by atoms with Crippen molar-refractivity contribution in [3.63, 3.8) is 0 Å². The summed E-state index contributed by atoms with van der Waals surface area (Å²) in [6.45, 7) is 0.917. The van der Waals surface area contributed by atoms with Gasteiger partial charge >= 0.3 is 0 Å². The highest BCUT2D eigenvalue weighted by Gasteiger charge is 2.35. The van der Waals surface area contributed by atoms with Crippen molar-refractivity contribution in [1.29, 1.82) is 0 Å². The number of amides is 1. The number of piperidine rings is 1. The molecule has 0 saturated carbocycles. The maximum absolute atomic E-state index is 13.8. The Hall–Kier alpha value is -2.86. The van der Waals surface area contributed by atoms with Crippen LogP contribution in [0.1, 0.15) is 18.5 Å². The molecule has 5 rings (SSSR count). The number of rotatable bonds is 7. The molecule has 0 spiro atoms. The molecule has 4 heterocycles. The third kappa shape index (κ3) is 4.94. The quantitative estimate of drug-likeness (QED) is 0.353. The molecular formula is C24H24N4O4S3. The van der Waals surface area contributed by atoms with Gasteiger partial charge in [0.15, 0.2) is 5.13 Å². The molecule has 1 amide bonds. The molecule has 1 aliphatic heterocycles. The van der Waals surface area contributed by atoms with Gasteiger partial charge in [-0.2, -0.15) is 4.31 Å². The van der Waals surface area contributed by atoms with E-state index in [1.54, 1.807) is 35.7 Å². The van der Waals surface area contributed by atoms with Crippen LogP contribution in [0.25, 0.3) is 10.2 Å². The van der Waals surface area contributed by atoms with Crippen molar-refractivity contribution in [2.45, 2.75) is 23.6 Å². The van der Waals surface area contributed by atoms with Crippen molar-refractivity contribution in [1.82, 2.24) is 14.3 Å². The topological polar surface area (TPSA) is 92.7 Å². The van der Waals surface area contributed by atoms with Gasteiger partial charge in [-0.1, -0.05) is 23.5 Å². The molecule has 4 aromatic rings. The number of fused-ring (bicyclic) bond motifs is 1. The van der Waals surface area contributed by atoms with E-state index in [0.717, 1.165) is 15.9 Å². The number of sulfonamides is 1. The highest BCUT2D eigenvalue weighted by molar-refractivity contribution is 7.91. The molecular weight excluding hydrogens is 504 g/mol. The summed E-state index contributed by atoms with van der Waals surface area (Å²) in [4.78, 5) is 24.6. The molecule has 0 radical (unpaired) electrons. The highest BCUT2D eigenvalue weighted by Crippen LogP contribution is 2.34. The van der Waals surface area contributed by atoms with Gasteiger partial charge in [0.05, 0.1) is 29.6 Å². The number of hydrogen-bond acceptors (Lipinski definition) is 8. The Labute approximate surface area is 211 Å². The first-order valence-corrected chi connectivity index (χ1v) is 14.3. The van der Waals surface area contributed by atoms with E-state index < -0.39 is 10.0 Å². The van der Waals surface area contributed by atoms with Gasteiger partial charge in [0, 0.05) is 31.3 Å². The van der Waals surface area contributed by atoms with Crippen molar-refractivity contribution >= 4 is 54.0 Å². The predicted molar refractivity (Wildman–Crippen MR) is 137 cm³/mol. The third-order valence-electron chi connectivity index (χ3n) is 6.02. The summed E-state index contributed by atoms with van der Waals surface area (Å²) in [7, 11) is -1.91. The zero-order valence-corrected chi connectivity index (χ0v) is 21.5. The molecule has 0 aliphatic carbocycles. The second-order valence-electron chi connectivity index (χ2n) is 8.19. The van der Waals surface area contributed by atoms with Crippen LogP contribution in [-0.4, -0.2) is 48.8 Å². The Balaban J connectivity index is 1.39. The number of nitrogens with zero attached hydrogens (tertiary/aromatic N) is 4. The standard InChI is InChI=1S/C24H24N4O4S3/c1-32-19-7-8-21-20(15-19)26-24(34-21)28(16-18-5-2-3-11-25-18)23(29)17-9-12-27(13-10-17)35(30,31)22-6-4-14-33-22/h2-8,11,14-15,17H,9-10,12-13,16H2,1H3. The van der Waals surface area contributed by atoms with Crippen LogP contribution in [0.5, 0.6) is 5.75 Å². The van der Waals surface area contributed by atoms with Crippen LogP contribution < -0.4 is 9.64 Å². The van der Waals surface area contributed by atoms with Gasteiger partial charge in [-0.25, -0.2) is 13.4 Å². The summed E-state index contributed by atoms with van der Waals surface area (Å²) in [5.41, 5.74) is 1.52. The lowest BCUT2D eigenvalue weighted by molar-refractivity contribution is -0.123. The number of thiophene rings is 1. The van der Waals surface area contributed by atoms with E-state index in [1.165, 1.54) is 27.0 Å². The highest BCUT2D eigenvalue weighted by atomic mass is 32.2. The Bertz CT molecular complexity index is 1410. The molecule has 8 nitrogen and oxygen atoms in total. The Morgan fingerprint density at radius 1 is 1.17 bits per heavy atom. The minimum absolute atomic E-state index is 0.0603. The number of ether oxygens (including phenoxy) is 1. The Kier molecular flexibility index (Phi) is 6.83. The van der Waals surface area contributed by atoms with E-state index in [4.69, 9.17) is 9.72 Å². The zero-order valence-electron chi connectivity index (χ0n) is 19.0. The lowest BCUT2D eigenvalue weighted by atomic mass is 9.96. The number of methoxy groups -OCH3 is 1. The molecule has 3 aromatic heterocycles. The van der Waals surface area contributed by atoms with Gasteiger partial charge in [0.1, 0.15) is 9.96 Å². The SMILES string of the molecule is COc1ccc2sc(N(Cc3ccccn3)C(=O)C3CCN(S(=O)(=O)c4cccs4)CC3)nc2c1. The van der Waals surface area contributed by atoms with Gasteiger partial charge in [0.2, 0.25) is 5.91 Å². The summed E-state index contributed by atoms with van der Waals surface area (Å²) in [6.07, 6.45) is 2.62. The van der Waals surface area contributed by atoms with Gasteiger partial charge in [-0.3, -0.25) is 14.7 Å². The number of aromatic nitrogens is 2. The van der Waals surface area contributed by atoms with Crippen LogP contribution in [-0.2, 0) is 21.4 Å². The maximum Gasteiger partial charge on any atom is 0.252 e.